The number of fused-ring (bicyclic) bond motifs is 2. The minimum Gasteiger partial charge on any atom is -0.506 e. The minimum atomic E-state index is -0.872. The summed E-state index contributed by atoms with van der Waals surface area (Å²) in [5.41, 5.74) is 6.74. The van der Waals surface area contributed by atoms with Crippen molar-refractivity contribution in [3.05, 3.63) is 120 Å². The summed E-state index contributed by atoms with van der Waals surface area (Å²) < 4.78 is 11.7. The van der Waals surface area contributed by atoms with Crippen molar-refractivity contribution in [3.63, 3.8) is 0 Å². The van der Waals surface area contributed by atoms with Gasteiger partial charge >= 0.3 is 18.0 Å². The molecule has 0 aliphatic rings. The number of aromatic nitrogens is 3. The summed E-state index contributed by atoms with van der Waals surface area (Å²) in [5.74, 6) is -1.59. The minimum absolute atomic E-state index is 0.0404. The maximum Gasteiger partial charge on any atom is 0.351 e. The average molecular weight is 632 g/mol. The Hall–Kier alpha value is -6.56. The lowest BCUT2D eigenvalue weighted by molar-refractivity contribution is -0.131. The highest BCUT2D eigenvalue weighted by atomic mass is 16.5. The number of rotatable bonds is 6. The molecule has 0 radical (unpaired) electrons. The topological polar surface area (TPSA) is 167 Å². The number of hydrogen-bond donors (Lipinski definition) is 2. The van der Waals surface area contributed by atoms with Crippen molar-refractivity contribution >= 4 is 51.4 Å². The number of ether oxygens (including phenoxy) is 2. The van der Waals surface area contributed by atoms with E-state index in [0.29, 0.717) is 33.2 Å². The van der Waals surface area contributed by atoms with Gasteiger partial charge in [-0.1, -0.05) is 71.9 Å². The third-order valence-corrected chi connectivity index (χ3v) is 6.95. The van der Waals surface area contributed by atoms with Crippen LogP contribution in [-0.2, 0) is 4.79 Å². The number of para-hydroxylation sites is 3. The highest BCUT2D eigenvalue weighted by molar-refractivity contribution is 6.08. The number of aromatic hydroxyl groups is 1. The van der Waals surface area contributed by atoms with Crippen LogP contribution in [0.2, 0.25) is 0 Å². The van der Waals surface area contributed by atoms with Crippen LogP contribution >= 0.6 is 0 Å². The Morgan fingerprint density at radius 2 is 1.45 bits per heavy atom. The van der Waals surface area contributed by atoms with Crippen molar-refractivity contribution in [3.8, 4) is 17.2 Å². The van der Waals surface area contributed by atoms with Crippen LogP contribution in [0, 0.1) is 0 Å². The van der Waals surface area contributed by atoms with Gasteiger partial charge in [0.05, 0.1) is 22.3 Å². The number of anilines is 1. The molecule has 0 spiro atoms. The van der Waals surface area contributed by atoms with E-state index in [1.165, 1.54) is 28.6 Å². The van der Waals surface area contributed by atoms with Crippen molar-refractivity contribution in [2.24, 2.45) is 5.73 Å². The molecule has 0 fully saturated rings. The molecular formula is C35H29N5O7. The summed E-state index contributed by atoms with van der Waals surface area (Å²) in [4.78, 5) is 50.6. The second-order valence-electron chi connectivity index (χ2n) is 10.0. The van der Waals surface area contributed by atoms with E-state index < -0.39 is 17.9 Å². The lowest BCUT2D eigenvalue weighted by Gasteiger charge is -2.23. The summed E-state index contributed by atoms with van der Waals surface area (Å²) >= 11 is 0. The lowest BCUT2D eigenvalue weighted by Crippen LogP contribution is -2.36. The predicted molar refractivity (Wildman–Crippen MR) is 175 cm³/mol. The molecule has 12 nitrogen and oxygen atoms in total. The lowest BCUT2D eigenvalue weighted by atomic mass is 10.0. The monoisotopic (exact) mass is 631 g/mol. The Bertz CT molecular complexity index is 2110. The molecule has 12 heteroatoms. The molecule has 6 aromatic rings. The summed E-state index contributed by atoms with van der Waals surface area (Å²) in [6, 6.07) is 29.9. The van der Waals surface area contributed by atoms with Crippen LogP contribution < -0.4 is 20.1 Å². The molecule has 0 unspecified atom stereocenters. The molecule has 0 aliphatic heterocycles. The molecule has 0 bridgehead atoms. The highest BCUT2D eigenvalue weighted by Crippen LogP contribution is 2.36. The van der Waals surface area contributed by atoms with Gasteiger partial charge in [0.2, 0.25) is 0 Å². The molecule has 3 N–H and O–H groups in total. The second-order valence-corrected chi connectivity index (χ2v) is 10.0. The van der Waals surface area contributed by atoms with Gasteiger partial charge in [-0.25, -0.2) is 9.59 Å². The zero-order chi connectivity index (χ0) is 33.5. The molecular weight excluding hydrogens is 602 g/mol. The van der Waals surface area contributed by atoms with Gasteiger partial charge in [-0.15, -0.1) is 5.10 Å². The Morgan fingerprint density at radius 3 is 2.15 bits per heavy atom. The molecule has 236 valence electrons. The fraction of sp³-hybridized carbons (Fsp3) is 0.0857. The smallest absolute Gasteiger partial charge is 0.351 e. The van der Waals surface area contributed by atoms with Crippen LogP contribution in [0.15, 0.2) is 109 Å². The number of phenols is 1. The molecule has 2 amide bonds. The van der Waals surface area contributed by atoms with Crippen molar-refractivity contribution in [1.29, 1.82) is 0 Å². The fourth-order valence-corrected chi connectivity index (χ4v) is 4.82. The molecule has 0 aliphatic carbocycles. The van der Waals surface area contributed by atoms with E-state index in [4.69, 9.17) is 15.2 Å². The van der Waals surface area contributed by atoms with Gasteiger partial charge in [0.25, 0.3) is 5.91 Å². The Balaban J connectivity index is 0.000000371. The van der Waals surface area contributed by atoms with E-state index >= 15 is 0 Å². The van der Waals surface area contributed by atoms with E-state index in [9.17, 15) is 24.3 Å². The third kappa shape index (κ3) is 6.91. The standard InChI is InChI=1S/C27H21N5O5.C8H8O2/c1-2-31(27(36)32-22-14-8-6-12-20(22)29-30-32)21-13-7-5-11-18(21)26(35)37-23-15-19(25(28)34)24(33)17-10-4-3-9-16(17)23;1-7(9)10-8-5-3-2-4-6-8/h3-15,33H,2H2,1H3,(H2,28,34);2-6H,1H3. The first-order valence-electron chi connectivity index (χ1n) is 14.4. The highest BCUT2D eigenvalue weighted by Gasteiger charge is 2.26. The predicted octanol–water partition coefficient (Wildman–Crippen LogP) is 5.71. The Morgan fingerprint density at radius 1 is 0.809 bits per heavy atom. The van der Waals surface area contributed by atoms with Gasteiger partial charge in [0, 0.05) is 24.2 Å². The van der Waals surface area contributed by atoms with E-state index in [0.717, 1.165) is 0 Å². The van der Waals surface area contributed by atoms with E-state index in [2.05, 4.69) is 10.3 Å². The van der Waals surface area contributed by atoms with Crippen molar-refractivity contribution in [2.45, 2.75) is 13.8 Å². The van der Waals surface area contributed by atoms with Crippen molar-refractivity contribution in [1.82, 2.24) is 15.0 Å². The van der Waals surface area contributed by atoms with Gasteiger partial charge < -0.3 is 20.3 Å². The van der Waals surface area contributed by atoms with E-state index in [1.54, 1.807) is 85.8 Å². The maximum atomic E-state index is 13.5. The quantitative estimate of drug-likeness (QED) is 0.173. The first-order chi connectivity index (χ1) is 22.7. The van der Waals surface area contributed by atoms with Crippen LogP contribution in [0.25, 0.3) is 21.8 Å². The first-order valence-corrected chi connectivity index (χ1v) is 14.4. The van der Waals surface area contributed by atoms with Gasteiger partial charge in [-0.3, -0.25) is 14.5 Å². The largest absolute Gasteiger partial charge is 0.506 e. The zero-order valence-electron chi connectivity index (χ0n) is 25.4. The maximum absolute atomic E-state index is 13.5. The number of esters is 2. The first kappa shape index (κ1) is 31.9. The average Bonchev–Trinajstić information content (AvgIpc) is 3.51. The summed E-state index contributed by atoms with van der Waals surface area (Å²) in [6.07, 6.45) is 0. The van der Waals surface area contributed by atoms with Crippen LogP contribution in [-0.4, -0.2) is 50.5 Å². The molecule has 0 atom stereocenters. The number of primary amides is 1. The van der Waals surface area contributed by atoms with Crippen molar-refractivity contribution in [2.75, 3.05) is 11.4 Å². The number of benzene rings is 5. The van der Waals surface area contributed by atoms with E-state index in [1.807, 2.05) is 18.2 Å². The molecule has 5 aromatic carbocycles. The molecule has 0 saturated carbocycles. The second kappa shape index (κ2) is 14.0. The van der Waals surface area contributed by atoms with E-state index in [-0.39, 0.29) is 35.1 Å². The van der Waals surface area contributed by atoms with Crippen LogP contribution in [0.3, 0.4) is 0 Å². The molecule has 1 heterocycles. The van der Waals surface area contributed by atoms with Crippen LogP contribution in [0.4, 0.5) is 10.5 Å². The number of amides is 2. The third-order valence-electron chi connectivity index (χ3n) is 6.95. The summed E-state index contributed by atoms with van der Waals surface area (Å²) in [7, 11) is 0. The van der Waals surface area contributed by atoms with Crippen molar-refractivity contribution < 1.29 is 33.8 Å². The van der Waals surface area contributed by atoms with Gasteiger partial charge in [-0.05, 0) is 49.4 Å². The number of carbonyl (C=O) groups excluding carboxylic acids is 4. The molecule has 0 saturated heterocycles. The van der Waals surface area contributed by atoms with Gasteiger partial charge in [0.15, 0.2) is 0 Å². The normalized spacial score (nSPS) is 10.5. The van der Waals surface area contributed by atoms with Gasteiger partial charge in [0.1, 0.15) is 22.8 Å². The number of nitrogens with zero attached hydrogens (tertiary/aromatic N) is 4. The number of carbonyl (C=O) groups is 4. The number of nitrogens with two attached hydrogens (primary N) is 1. The summed E-state index contributed by atoms with van der Waals surface area (Å²) in [5, 5.41) is 19.2. The molecule has 47 heavy (non-hydrogen) atoms. The zero-order valence-corrected chi connectivity index (χ0v) is 25.4. The summed E-state index contributed by atoms with van der Waals surface area (Å²) in [6.45, 7) is 3.38. The molecule has 6 rings (SSSR count). The Kier molecular flexibility index (Phi) is 9.51. The Labute approximate surface area is 268 Å². The SMILES string of the molecule is CC(=O)Oc1ccccc1.CCN(C(=O)n1nnc2ccccc21)c1ccccc1C(=O)Oc1cc(C(N)=O)c(O)c2ccccc12. The molecule has 1 aromatic heterocycles. The van der Waals surface area contributed by atoms with Crippen LogP contribution in [0.1, 0.15) is 34.6 Å². The fourth-order valence-electron chi connectivity index (χ4n) is 4.82. The van der Waals surface area contributed by atoms with Crippen LogP contribution in [0.5, 0.6) is 17.2 Å². The van der Waals surface area contributed by atoms with Gasteiger partial charge in [-0.2, -0.15) is 4.68 Å². The number of hydrogen-bond acceptors (Lipinski definition) is 9.